The maximum absolute atomic E-state index is 8.99. The Hall–Kier alpha value is -1.31. The van der Waals surface area contributed by atoms with Gasteiger partial charge < -0.3 is 9.80 Å². The molecule has 1 aliphatic rings. The van der Waals surface area contributed by atoms with Crippen LogP contribution in [0.3, 0.4) is 0 Å². The molecule has 0 bridgehead atoms. The molecule has 0 amide bonds. The molecule has 1 aromatic heterocycles. The van der Waals surface area contributed by atoms with E-state index >= 15 is 0 Å². The second-order valence-electron chi connectivity index (χ2n) is 4.79. The fraction of sp³-hybridized carbons (Fsp3) is 0.571. The van der Waals surface area contributed by atoms with E-state index in [-0.39, 0.29) is 0 Å². The summed E-state index contributed by atoms with van der Waals surface area (Å²) < 4.78 is 0. The monoisotopic (exact) mass is 278 g/mol. The zero-order valence-corrected chi connectivity index (χ0v) is 12.0. The lowest BCUT2D eigenvalue weighted by Gasteiger charge is -2.22. The second kappa shape index (κ2) is 6.74. The second-order valence-corrected chi connectivity index (χ2v) is 5.20. The Morgan fingerprint density at radius 1 is 1.32 bits per heavy atom. The lowest BCUT2D eigenvalue weighted by molar-refractivity contribution is 0.294. The molecule has 102 valence electrons. The van der Waals surface area contributed by atoms with Crippen LogP contribution in [0, 0.1) is 11.3 Å². The number of nitrogens with zero attached hydrogens (tertiary/aromatic N) is 4. The van der Waals surface area contributed by atoms with Crippen LogP contribution in [0.1, 0.15) is 25.5 Å². The quantitative estimate of drug-likeness (QED) is 0.852. The van der Waals surface area contributed by atoms with E-state index in [0.717, 1.165) is 45.0 Å². The molecule has 1 aromatic rings. The first-order valence-corrected chi connectivity index (χ1v) is 7.16. The molecule has 1 saturated heterocycles. The summed E-state index contributed by atoms with van der Waals surface area (Å²) >= 11 is 5.92. The number of halogens is 1. The molecule has 0 radical (unpaired) electrons. The molecule has 2 heterocycles. The summed E-state index contributed by atoms with van der Waals surface area (Å²) in [4.78, 5) is 9.07. The molecular formula is C14H19ClN4. The summed E-state index contributed by atoms with van der Waals surface area (Å²) in [5.41, 5.74) is 0.314. The van der Waals surface area contributed by atoms with Crippen molar-refractivity contribution in [1.29, 1.82) is 5.26 Å². The molecule has 5 heteroatoms. The van der Waals surface area contributed by atoms with Gasteiger partial charge in [0.1, 0.15) is 11.9 Å². The van der Waals surface area contributed by atoms with Crippen LogP contribution in [-0.2, 0) is 0 Å². The van der Waals surface area contributed by atoms with Gasteiger partial charge in [-0.3, -0.25) is 0 Å². The van der Waals surface area contributed by atoms with Crippen molar-refractivity contribution in [3.05, 3.63) is 22.8 Å². The molecule has 2 rings (SSSR count). The van der Waals surface area contributed by atoms with Gasteiger partial charge in [0.2, 0.25) is 0 Å². The molecule has 19 heavy (non-hydrogen) atoms. The third-order valence-corrected chi connectivity index (χ3v) is 3.69. The molecule has 0 unspecified atom stereocenters. The zero-order valence-electron chi connectivity index (χ0n) is 11.3. The van der Waals surface area contributed by atoms with E-state index in [2.05, 4.69) is 21.7 Å². The van der Waals surface area contributed by atoms with Gasteiger partial charge in [-0.1, -0.05) is 18.5 Å². The predicted molar refractivity (Wildman–Crippen MR) is 77.5 cm³/mol. The molecule has 0 N–H and O–H groups in total. The van der Waals surface area contributed by atoms with Crippen LogP contribution in [-0.4, -0.2) is 42.6 Å². The predicted octanol–water partition coefficient (Wildman–Crippen LogP) is 2.53. The van der Waals surface area contributed by atoms with E-state index in [9.17, 15) is 0 Å². The summed E-state index contributed by atoms with van der Waals surface area (Å²) in [6, 6.07) is 5.70. The first-order valence-electron chi connectivity index (χ1n) is 6.78. The molecule has 0 atom stereocenters. The Morgan fingerprint density at radius 2 is 2.16 bits per heavy atom. The average Bonchev–Trinajstić information content (AvgIpc) is 2.66. The largest absolute Gasteiger partial charge is 0.355 e. The van der Waals surface area contributed by atoms with Gasteiger partial charge in [-0.25, -0.2) is 4.98 Å². The molecule has 1 aliphatic heterocycles. The minimum absolute atomic E-state index is 0.314. The number of hydrogen-bond acceptors (Lipinski definition) is 4. The van der Waals surface area contributed by atoms with E-state index in [1.165, 1.54) is 6.42 Å². The fourth-order valence-electron chi connectivity index (χ4n) is 2.43. The third-order valence-electron chi connectivity index (χ3n) is 3.39. The standard InChI is InChI=1S/C14H19ClN4/c1-2-6-18-7-3-8-19(10-9-18)14-5-4-12(15)13(11-16)17-14/h4-5H,2-3,6-10H2,1H3. The van der Waals surface area contributed by atoms with E-state index in [0.29, 0.717) is 10.7 Å². The molecular weight excluding hydrogens is 260 g/mol. The maximum Gasteiger partial charge on any atom is 0.161 e. The Kier molecular flexibility index (Phi) is 5.00. The van der Waals surface area contributed by atoms with Crippen molar-refractivity contribution >= 4 is 17.4 Å². The molecule has 0 aliphatic carbocycles. The average molecular weight is 279 g/mol. The molecule has 4 nitrogen and oxygen atoms in total. The smallest absolute Gasteiger partial charge is 0.161 e. The summed E-state index contributed by atoms with van der Waals surface area (Å²) in [7, 11) is 0. The molecule has 0 aromatic carbocycles. The Balaban J connectivity index is 2.08. The van der Waals surface area contributed by atoms with Crippen molar-refractivity contribution in [2.24, 2.45) is 0 Å². The van der Waals surface area contributed by atoms with E-state index in [4.69, 9.17) is 16.9 Å². The van der Waals surface area contributed by atoms with E-state index < -0.39 is 0 Å². The van der Waals surface area contributed by atoms with E-state index in [1.807, 2.05) is 12.1 Å². The van der Waals surface area contributed by atoms with Crippen molar-refractivity contribution in [3.63, 3.8) is 0 Å². The minimum atomic E-state index is 0.314. The Morgan fingerprint density at radius 3 is 2.89 bits per heavy atom. The number of rotatable bonds is 3. The number of anilines is 1. The number of pyridine rings is 1. The van der Waals surface area contributed by atoms with Crippen LogP contribution in [0.5, 0.6) is 0 Å². The van der Waals surface area contributed by atoms with Crippen molar-refractivity contribution in [2.75, 3.05) is 37.6 Å². The minimum Gasteiger partial charge on any atom is -0.355 e. The van der Waals surface area contributed by atoms with Crippen molar-refractivity contribution < 1.29 is 0 Å². The van der Waals surface area contributed by atoms with Gasteiger partial charge in [0.15, 0.2) is 5.69 Å². The third kappa shape index (κ3) is 3.59. The normalized spacial score (nSPS) is 17.0. The highest BCUT2D eigenvalue weighted by atomic mass is 35.5. The number of hydrogen-bond donors (Lipinski definition) is 0. The Labute approximate surface area is 119 Å². The highest BCUT2D eigenvalue weighted by Gasteiger charge is 2.16. The topological polar surface area (TPSA) is 43.2 Å². The lowest BCUT2D eigenvalue weighted by Crippen LogP contribution is -2.31. The first kappa shape index (κ1) is 14.1. The summed E-state index contributed by atoms with van der Waals surface area (Å²) in [5.74, 6) is 0.860. The maximum atomic E-state index is 8.99. The zero-order chi connectivity index (χ0) is 13.7. The first-order chi connectivity index (χ1) is 9.24. The summed E-state index contributed by atoms with van der Waals surface area (Å²) in [6.45, 7) is 7.51. The lowest BCUT2D eigenvalue weighted by atomic mass is 10.3. The van der Waals surface area contributed by atoms with Crippen LogP contribution in [0.15, 0.2) is 12.1 Å². The van der Waals surface area contributed by atoms with Crippen LogP contribution in [0.25, 0.3) is 0 Å². The highest BCUT2D eigenvalue weighted by Crippen LogP contribution is 2.19. The van der Waals surface area contributed by atoms with Crippen LogP contribution >= 0.6 is 11.6 Å². The summed E-state index contributed by atoms with van der Waals surface area (Å²) in [6.07, 6.45) is 2.32. The number of aromatic nitrogens is 1. The number of nitriles is 1. The fourth-order valence-corrected chi connectivity index (χ4v) is 2.57. The van der Waals surface area contributed by atoms with E-state index in [1.54, 1.807) is 6.07 Å². The SMILES string of the molecule is CCCN1CCCN(c2ccc(Cl)c(C#N)n2)CC1. The Bertz CT molecular complexity index is 469. The van der Waals surface area contributed by atoms with Gasteiger partial charge in [-0.15, -0.1) is 0 Å². The highest BCUT2D eigenvalue weighted by molar-refractivity contribution is 6.31. The molecule has 1 fully saturated rings. The summed E-state index contributed by atoms with van der Waals surface area (Å²) in [5, 5.41) is 9.41. The van der Waals surface area contributed by atoms with Crippen LogP contribution in [0.2, 0.25) is 5.02 Å². The molecule has 0 saturated carbocycles. The van der Waals surface area contributed by atoms with Crippen molar-refractivity contribution in [2.45, 2.75) is 19.8 Å². The van der Waals surface area contributed by atoms with Gasteiger partial charge in [0.25, 0.3) is 0 Å². The van der Waals surface area contributed by atoms with Gasteiger partial charge >= 0.3 is 0 Å². The van der Waals surface area contributed by atoms with Crippen molar-refractivity contribution in [3.8, 4) is 6.07 Å². The van der Waals surface area contributed by atoms with Gasteiger partial charge in [-0.05, 0) is 38.1 Å². The van der Waals surface area contributed by atoms with Crippen LogP contribution < -0.4 is 4.90 Å². The van der Waals surface area contributed by atoms with Gasteiger partial charge in [-0.2, -0.15) is 5.26 Å². The van der Waals surface area contributed by atoms with Gasteiger partial charge in [0.05, 0.1) is 5.02 Å². The van der Waals surface area contributed by atoms with Crippen LogP contribution in [0.4, 0.5) is 5.82 Å². The van der Waals surface area contributed by atoms with Gasteiger partial charge in [0, 0.05) is 19.6 Å². The molecule has 0 spiro atoms. The van der Waals surface area contributed by atoms with Crippen molar-refractivity contribution in [1.82, 2.24) is 9.88 Å².